The van der Waals surface area contributed by atoms with E-state index in [1.165, 1.54) is 0 Å². The molecule has 0 aliphatic rings. The summed E-state index contributed by atoms with van der Waals surface area (Å²) in [6.07, 6.45) is 1.91. The maximum absolute atomic E-state index is 5.77. The molecule has 0 aromatic rings. The fourth-order valence-electron chi connectivity index (χ4n) is 2.35. The smallest absolute Gasteiger partial charge is 0.351 e. The second kappa shape index (κ2) is 21.8. The Morgan fingerprint density at radius 2 is 0.929 bits per heavy atom. The van der Waals surface area contributed by atoms with E-state index in [-0.39, 0.29) is 11.5 Å². The molecule has 6 nitrogen and oxygen atoms in total. The van der Waals surface area contributed by atoms with Crippen molar-refractivity contribution in [3.8, 4) is 0 Å². The third-order valence-corrected chi connectivity index (χ3v) is 15.2. The van der Waals surface area contributed by atoms with Gasteiger partial charge in [0.1, 0.15) is 0 Å². The first-order chi connectivity index (χ1) is 13.7. The van der Waals surface area contributed by atoms with Gasteiger partial charge in [0.2, 0.25) is 0 Å². The van der Waals surface area contributed by atoms with Crippen molar-refractivity contribution in [1.29, 1.82) is 0 Å². The maximum Gasteiger partial charge on any atom is 0.351 e. The minimum Gasteiger partial charge on any atom is -0.395 e. The summed E-state index contributed by atoms with van der Waals surface area (Å²) in [6.45, 7) is 10.8. The van der Waals surface area contributed by atoms with Gasteiger partial charge in [0.25, 0.3) is 0 Å². The van der Waals surface area contributed by atoms with Gasteiger partial charge >= 0.3 is 18.6 Å². The normalized spacial score (nSPS) is 14.1. The van der Waals surface area contributed by atoms with Gasteiger partial charge in [-0.2, -0.15) is 0 Å². The van der Waals surface area contributed by atoms with Crippen molar-refractivity contribution in [2.24, 2.45) is 0 Å². The van der Waals surface area contributed by atoms with Crippen molar-refractivity contribution in [3.63, 3.8) is 0 Å². The zero-order valence-electron chi connectivity index (χ0n) is 18.0. The van der Waals surface area contributed by atoms with Crippen LogP contribution in [0.15, 0.2) is 0 Å². The topological polar surface area (TPSA) is 55.4 Å². The van der Waals surface area contributed by atoms with Gasteiger partial charge in [-0.1, -0.05) is 21.6 Å². The van der Waals surface area contributed by atoms with Gasteiger partial charge in [0, 0.05) is 52.2 Å². The Morgan fingerprint density at radius 1 is 0.607 bits per heavy atom. The molecule has 0 spiro atoms. The van der Waals surface area contributed by atoms with Gasteiger partial charge in [-0.3, -0.25) is 0 Å². The summed E-state index contributed by atoms with van der Waals surface area (Å²) in [7, 11) is 7.34. The number of ether oxygens (including phenoxy) is 2. The molecule has 0 amide bonds. The van der Waals surface area contributed by atoms with Gasteiger partial charge in [-0.05, 0) is 60.2 Å². The molecular formula is C16H38O6S4Si2. The molecular weight excluding hydrogens is 473 g/mol. The third kappa shape index (κ3) is 14.6. The van der Waals surface area contributed by atoms with Crippen LogP contribution >= 0.6 is 41.2 Å². The lowest BCUT2D eigenvalue weighted by Gasteiger charge is -2.23. The number of methoxy groups -OCH3 is 2. The van der Waals surface area contributed by atoms with Crippen molar-refractivity contribution < 1.29 is 27.2 Å². The van der Waals surface area contributed by atoms with E-state index in [1.54, 1.807) is 14.2 Å². The lowest BCUT2D eigenvalue weighted by Crippen LogP contribution is -2.39. The van der Waals surface area contributed by atoms with Crippen molar-refractivity contribution in [2.45, 2.75) is 52.0 Å². The van der Waals surface area contributed by atoms with E-state index in [2.05, 4.69) is 0 Å². The number of hydrogen-bond acceptors (Lipinski definition) is 10. The molecule has 0 saturated heterocycles. The zero-order chi connectivity index (χ0) is 21.0. The van der Waals surface area contributed by atoms with Gasteiger partial charge in [0.15, 0.2) is 0 Å². The van der Waals surface area contributed by atoms with Crippen molar-refractivity contribution >= 4 is 59.8 Å². The van der Waals surface area contributed by atoms with Crippen LogP contribution in [-0.2, 0) is 27.2 Å². The summed E-state index contributed by atoms with van der Waals surface area (Å²) in [5.74, 6) is 2.04. The molecule has 0 aliphatic carbocycles. The first-order valence-corrected chi connectivity index (χ1v) is 18.1. The van der Waals surface area contributed by atoms with Crippen LogP contribution in [0.1, 0.15) is 40.5 Å². The first kappa shape index (κ1) is 29.6. The summed E-state index contributed by atoms with van der Waals surface area (Å²) >= 11 is 0. The largest absolute Gasteiger partial charge is 0.395 e. The Hall–Kier alpha value is 1.59. The Balaban J connectivity index is 3.91. The highest BCUT2D eigenvalue weighted by Gasteiger charge is 2.26. The van der Waals surface area contributed by atoms with Crippen molar-refractivity contribution in [1.82, 2.24) is 0 Å². The van der Waals surface area contributed by atoms with Crippen LogP contribution in [0, 0.1) is 0 Å². The molecule has 28 heavy (non-hydrogen) atoms. The SMILES string of the molecule is CCO[SiH](OCC)C(CCSSSSCCC(OC)[SiH](OCC)OCC)OC. The van der Waals surface area contributed by atoms with Gasteiger partial charge in [-0.15, -0.1) is 0 Å². The van der Waals surface area contributed by atoms with E-state index in [1.807, 2.05) is 68.9 Å². The van der Waals surface area contributed by atoms with E-state index in [9.17, 15) is 0 Å². The maximum atomic E-state index is 5.77. The highest BCUT2D eigenvalue weighted by atomic mass is 33.7. The summed E-state index contributed by atoms with van der Waals surface area (Å²) in [4.78, 5) is 0. The molecule has 0 N–H and O–H groups in total. The number of hydrogen-bond donors (Lipinski definition) is 0. The molecule has 0 heterocycles. The monoisotopic (exact) mass is 510 g/mol. The molecule has 12 heteroatoms. The van der Waals surface area contributed by atoms with E-state index in [0.29, 0.717) is 26.4 Å². The van der Waals surface area contributed by atoms with Crippen LogP contribution in [0.25, 0.3) is 0 Å². The Kier molecular flexibility index (Phi) is 23.1. The Morgan fingerprint density at radius 3 is 1.18 bits per heavy atom. The second-order valence-corrected chi connectivity index (χ2v) is 16.0. The fraction of sp³-hybridized carbons (Fsp3) is 1.00. The average Bonchev–Trinajstić information content (AvgIpc) is 2.70. The average molecular weight is 511 g/mol. The molecule has 0 saturated carbocycles. The van der Waals surface area contributed by atoms with Gasteiger partial charge in [-0.25, -0.2) is 0 Å². The molecule has 0 radical (unpaired) electrons. The predicted molar refractivity (Wildman–Crippen MR) is 132 cm³/mol. The second-order valence-electron chi connectivity index (χ2n) is 5.46. The summed E-state index contributed by atoms with van der Waals surface area (Å²) in [5, 5.41) is 0. The Labute approximate surface area is 190 Å². The third-order valence-electron chi connectivity index (χ3n) is 3.63. The predicted octanol–water partition coefficient (Wildman–Crippen LogP) is 4.14. The van der Waals surface area contributed by atoms with Crippen LogP contribution in [-0.4, -0.2) is 82.2 Å². The van der Waals surface area contributed by atoms with Crippen LogP contribution in [0.3, 0.4) is 0 Å². The molecule has 170 valence electrons. The summed E-state index contributed by atoms with van der Waals surface area (Å²) in [5.41, 5.74) is 0.208. The van der Waals surface area contributed by atoms with Crippen LogP contribution in [0.2, 0.25) is 0 Å². The Bertz CT molecular complexity index is 298. The quantitative estimate of drug-likeness (QED) is 0.128. The highest BCUT2D eigenvalue weighted by molar-refractivity contribution is 9.26. The lowest BCUT2D eigenvalue weighted by atomic mass is 10.5. The summed E-state index contributed by atoms with van der Waals surface area (Å²) in [6, 6.07) is 0. The van der Waals surface area contributed by atoms with Crippen LogP contribution < -0.4 is 0 Å². The van der Waals surface area contributed by atoms with Crippen LogP contribution in [0.5, 0.6) is 0 Å². The minimum absolute atomic E-state index is 0.104. The summed E-state index contributed by atoms with van der Waals surface area (Å²) < 4.78 is 34.3. The fourth-order valence-corrected chi connectivity index (χ4v) is 12.7. The van der Waals surface area contributed by atoms with Crippen LogP contribution in [0.4, 0.5) is 0 Å². The van der Waals surface area contributed by atoms with E-state index in [0.717, 1.165) is 24.3 Å². The van der Waals surface area contributed by atoms with E-state index < -0.39 is 18.6 Å². The first-order valence-electron chi connectivity index (χ1n) is 9.77. The number of rotatable bonds is 21. The minimum atomic E-state index is -1.75. The highest BCUT2D eigenvalue weighted by Crippen LogP contribution is 2.43. The van der Waals surface area contributed by atoms with Crippen molar-refractivity contribution in [2.75, 3.05) is 52.2 Å². The molecule has 0 aromatic carbocycles. The van der Waals surface area contributed by atoms with Crippen molar-refractivity contribution in [3.05, 3.63) is 0 Å². The molecule has 0 rings (SSSR count). The van der Waals surface area contributed by atoms with Gasteiger partial charge in [0.05, 0.1) is 11.5 Å². The zero-order valence-corrected chi connectivity index (χ0v) is 23.6. The molecule has 0 aliphatic heterocycles. The molecule has 0 fully saturated rings. The lowest BCUT2D eigenvalue weighted by molar-refractivity contribution is 0.0965. The molecule has 0 aromatic heterocycles. The standard InChI is InChI=1S/C16H38O6S4Si2/c1-7-19-27(20-8-2)15(17-5)11-13-23-25-26-24-14-12-16(18-6)28(21-9-3)22-10-4/h15-16,27-28H,7-14H2,1-6H3. The molecule has 2 atom stereocenters. The van der Waals surface area contributed by atoms with E-state index in [4.69, 9.17) is 27.2 Å². The van der Waals surface area contributed by atoms with Gasteiger partial charge < -0.3 is 27.2 Å². The molecule has 2 unspecified atom stereocenters. The molecule has 0 bridgehead atoms. The van der Waals surface area contributed by atoms with E-state index >= 15 is 0 Å².